The lowest BCUT2D eigenvalue weighted by Crippen LogP contribution is -2.43. The van der Waals surface area contributed by atoms with Gasteiger partial charge in [0.1, 0.15) is 6.54 Å². The van der Waals surface area contributed by atoms with Crippen molar-refractivity contribution in [2.24, 2.45) is 0 Å². The van der Waals surface area contributed by atoms with E-state index in [1.54, 1.807) is 0 Å². The largest absolute Gasteiger partial charge is 0.378 e. The molecule has 4 rings (SSSR count). The number of rotatable bonds is 4. The van der Waals surface area contributed by atoms with E-state index < -0.39 is 17.8 Å². The van der Waals surface area contributed by atoms with Gasteiger partial charge in [0.25, 0.3) is 5.91 Å². The summed E-state index contributed by atoms with van der Waals surface area (Å²) >= 11 is 1.37. The van der Waals surface area contributed by atoms with Crippen LogP contribution in [0.4, 0.5) is 9.80 Å². The van der Waals surface area contributed by atoms with Gasteiger partial charge in [0, 0.05) is 18.7 Å². The van der Waals surface area contributed by atoms with Gasteiger partial charge in [-0.2, -0.15) is 0 Å². The van der Waals surface area contributed by atoms with Gasteiger partial charge in [-0.05, 0) is 11.6 Å². The number of ether oxygens (including phenoxy) is 1. The van der Waals surface area contributed by atoms with E-state index in [-0.39, 0.29) is 6.54 Å². The first-order valence-electron chi connectivity index (χ1n) is 8.56. The van der Waals surface area contributed by atoms with Crippen LogP contribution in [0.3, 0.4) is 0 Å². The monoisotopic (exact) mass is 386 g/mol. The highest BCUT2D eigenvalue weighted by atomic mass is 32.1. The Morgan fingerprint density at radius 2 is 1.89 bits per heavy atom. The van der Waals surface area contributed by atoms with Gasteiger partial charge in [-0.15, -0.1) is 11.3 Å². The zero-order valence-electron chi connectivity index (χ0n) is 14.4. The first-order chi connectivity index (χ1) is 13.1. The van der Waals surface area contributed by atoms with Crippen LogP contribution in [0.25, 0.3) is 11.1 Å². The summed E-state index contributed by atoms with van der Waals surface area (Å²) in [6.07, 6.45) is 0. The number of urea groups is 1. The number of hydrogen-bond acceptors (Lipinski definition) is 6. The Morgan fingerprint density at radius 1 is 1.15 bits per heavy atom. The summed E-state index contributed by atoms with van der Waals surface area (Å²) in [6, 6.07) is 11.1. The molecular formula is C18H18N4O4S. The molecule has 0 saturated carbocycles. The lowest BCUT2D eigenvalue weighted by molar-refractivity contribution is -0.118. The number of hydrogen-bond donors (Lipinski definition) is 2. The molecule has 0 bridgehead atoms. The van der Waals surface area contributed by atoms with Gasteiger partial charge in [0.05, 0.1) is 23.1 Å². The Morgan fingerprint density at radius 3 is 2.56 bits per heavy atom. The van der Waals surface area contributed by atoms with E-state index in [9.17, 15) is 14.4 Å². The van der Waals surface area contributed by atoms with Crippen LogP contribution in [0.15, 0.2) is 36.4 Å². The maximum absolute atomic E-state index is 12.7. The second-order valence-electron chi connectivity index (χ2n) is 6.18. The molecule has 0 unspecified atom stereocenters. The van der Waals surface area contributed by atoms with Gasteiger partial charge in [-0.1, -0.05) is 30.3 Å². The van der Waals surface area contributed by atoms with Gasteiger partial charge in [-0.25, -0.2) is 9.80 Å². The van der Waals surface area contributed by atoms with Crippen molar-refractivity contribution < 1.29 is 19.1 Å². The number of anilines is 1. The molecule has 2 saturated heterocycles. The minimum Gasteiger partial charge on any atom is -0.378 e. The zero-order chi connectivity index (χ0) is 18.8. The molecule has 0 radical (unpaired) electrons. The second kappa shape index (κ2) is 7.37. The molecule has 0 spiro atoms. The van der Waals surface area contributed by atoms with Gasteiger partial charge in [0.2, 0.25) is 5.91 Å². The molecule has 1 aromatic heterocycles. The zero-order valence-corrected chi connectivity index (χ0v) is 15.3. The molecule has 2 aromatic rings. The molecule has 27 heavy (non-hydrogen) atoms. The predicted octanol–water partition coefficient (Wildman–Crippen LogP) is 1.45. The summed E-state index contributed by atoms with van der Waals surface area (Å²) in [5.74, 6) is -0.855. The first kappa shape index (κ1) is 17.5. The van der Waals surface area contributed by atoms with Gasteiger partial charge in [0.15, 0.2) is 0 Å². The summed E-state index contributed by atoms with van der Waals surface area (Å²) < 4.78 is 5.43. The van der Waals surface area contributed by atoms with Crippen LogP contribution in [0.2, 0.25) is 0 Å². The van der Waals surface area contributed by atoms with E-state index in [0.29, 0.717) is 18.1 Å². The van der Waals surface area contributed by atoms with E-state index in [0.717, 1.165) is 34.2 Å². The minimum absolute atomic E-state index is 0.183. The van der Waals surface area contributed by atoms with Crippen LogP contribution in [0.5, 0.6) is 0 Å². The van der Waals surface area contributed by atoms with Crippen LogP contribution in [0, 0.1) is 0 Å². The smallest absolute Gasteiger partial charge is 0.343 e. The third kappa shape index (κ3) is 3.64. The van der Waals surface area contributed by atoms with E-state index in [1.165, 1.54) is 11.3 Å². The summed E-state index contributed by atoms with van der Waals surface area (Å²) in [5, 5.41) is 4.12. The Bertz CT molecular complexity index is 877. The Hall–Kier alpha value is -2.91. The highest BCUT2D eigenvalue weighted by molar-refractivity contribution is 7.18. The average molecular weight is 386 g/mol. The van der Waals surface area contributed by atoms with Crippen LogP contribution in [-0.4, -0.2) is 55.7 Å². The van der Waals surface area contributed by atoms with Crippen molar-refractivity contribution in [1.29, 1.82) is 0 Å². The molecule has 8 nitrogen and oxygen atoms in total. The molecule has 2 aliphatic rings. The molecule has 3 heterocycles. The number of hydrazine groups is 1. The van der Waals surface area contributed by atoms with Crippen LogP contribution < -0.4 is 15.6 Å². The molecule has 9 heteroatoms. The Balaban J connectivity index is 1.63. The molecule has 0 atom stereocenters. The summed E-state index contributed by atoms with van der Waals surface area (Å²) in [6.45, 7) is 2.61. The number of nitrogens with one attached hydrogen (secondary N) is 2. The maximum atomic E-state index is 12.7. The number of nitrogens with zero attached hydrogens (tertiary/aromatic N) is 2. The molecule has 0 aliphatic carbocycles. The fraction of sp³-hybridized carbons (Fsp3) is 0.278. The molecular weight excluding hydrogens is 368 g/mol. The molecule has 140 valence electrons. The molecule has 4 amide bonds. The van der Waals surface area contributed by atoms with Crippen molar-refractivity contribution in [1.82, 2.24) is 15.8 Å². The van der Waals surface area contributed by atoms with E-state index in [1.807, 2.05) is 36.4 Å². The average Bonchev–Trinajstić information content (AvgIpc) is 3.27. The van der Waals surface area contributed by atoms with Crippen molar-refractivity contribution in [3.8, 4) is 11.1 Å². The predicted molar refractivity (Wildman–Crippen MR) is 100 cm³/mol. The molecule has 2 fully saturated rings. The van der Waals surface area contributed by atoms with Gasteiger partial charge < -0.3 is 9.64 Å². The summed E-state index contributed by atoms with van der Waals surface area (Å²) in [4.78, 5) is 38.3. The van der Waals surface area contributed by atoms with Crippen LogP contribution in [-0.2, 0) is 9.53 Å². The summed E-state index contributed by atoms with van der Waals surface area (Å²) in [5.41, 5.74) is 4.48. The van der Waals surface area contributed by atoms with Gasteiger partial charge >= 0.3 is 6.03 Å². The third-order valence-electron chi connectivity index (χ3n) is 4.35. The Kier molecular flexibility index (Phi) is 4.78. The van der Waals surface area contributed by atoms with Crippen molar-refractivity contribution in [3.05, 3.63) is 41.3 Å². The Labute approximate surface area is 159 Å². The normalized spacial score (nSPS) is 17.2. The number of thiophene rings is 1. The minimum atomic E-state index is -0.624. The van der Waals surface area contributed by atoms with Crippen molar-refractivity contribution in [3.63, 3.8) is 0 Å². The third-order valence-corrected chi connectivity index (χ3v) is 5.54. The van der Waals surface area contributed by atoms with E-state index in [4.69, 9.17) is 4.74 Å². The number of imide groups is 1. The standard InChI is InChI=1S/C18H18N4O4S/c23-15-11-22(18(25)19-15)20-16(24)14-10-13(12-4-2-1-3-5-12)17(27-14)21-6-8-26-9-7-21/h1-5,10H,6-9,11H2,(H,20,24)(H,19,23,25). The number of morpholine rings is 1. The van der Waals surface area contributed by atoms with Crippen LogP contribution >= 0.6 is 11.3 Å². The number of benzene rings is 1. The van der Waals surface area contributed by atoms with Crippen LogP contribution in [0.1, 0.15) is 9.67 Å². The maximum Gasteiger partial charge on any atom is 0.343 e. The molecule has 2 N–H and O–H groups in total. The first-order valence-corrected chi connectivity index (χ1v) is 9.38. The second-order valence-corrected chi connectivity index (χ2v) is 7.21. The lowest BCUT2D eigenvalue weighted by Gasteiger charge is -2.28. The number of carbonyl (C=O) groups is 3. The summed E-state index contributed by atoms with van der Waals surface area (Å²) in [7, 11) is 0. The fourth-order valence-electron chi connectivity index (χ4n) is 3.03. The topological polar surface area (TPSA) is 91.0 Å². The molecule has 1 aromatic carbocycles. The highest BCUT2D eigenvalue weighted by Gasteiger charge is 2.29. The number of carbonyl (C=O) groups excluding carboxylic acids is 3. The van der Waals surface area contributed by atoms with Gasteiger partial charge in [-0.3, -0.25) is 20.3 Å². The molecule has 2 aliphatic heterocycles. The van der Waals surface area contributed by atoms with E-state index in [2.05, 4.69) is 15.6 Å². The lowest BCUT2D eigenvalue weighted by atomic mass is 10.1. The highest BCUT2D eigenvalue weighted by Crippen LogP contribution is 2.39. The van der Waals surface area contributed by atoms with E-state index >= 15 is 0 Å². The van der Waals surface area contributed by atoms with Crippen molar-refractivity contribution in [2.45, 2.75) is 0 Å². The van der Waals surface area contributed by atoms with Crippen molar-refractivity contribution >= 4 is 34.2 Å². The number of amides is 4. The SMILES string of the molecule is O=C1CN(NC(=O)c2cc(-c3ccccc3)c(N3CCOCC3)s2)C(=O)N1. The quantitative estimate of drug-likeness (QED) is 0.776. The fourth-order valence-corrected chi connectivity index (χ4v) is 4.15. The van der Waals surface area contributed by atoms with Crippen molar-refractivity contribution in [2.75, 3.05) is 37.7 Å².